The van der Waals surface area contributed by atoms with Crippen molar-refractivity contribution in [3.63, 3.8) is 0 Å². The van der Waals surface area contributed by atoms with Gasteiger partial charge in [0.25, 0.3) is 0 Å². The minimum atomic E-state index is -0.826. The number of carboxylic acid groups (broad SMARTS) is 1. The summed E-state index contributed by atoms with van der Waals surface area (Å²) in [6.07, 6.45) is 9.41. The molecular weight excluding hydrogens is 284 g/mol. The highest BCUT2D eigenvalue weighted by atomic mass is 16.4. The van der Waals surface area contributed by atoms with Crippen LogP contribution in [-0.2, 0) is 4.79 Å². The SMILES string of the molecule is O=C([O-])[C@@H]1[C@@H](c2ccccc2)[C@@H]2CCCCC2=C2CCCC[C@@H]21. The third kappa shape index (κ3) is 2.52. The molecule has 2 nitrogen and oxygen atoms in total. The summed E-state index contributed by atoms with van der Waals surface area (Å²) in [4.78, 5) is 12.1. The van der Waals surface area contributed by atoms with E-state index in [2.05, 4.69) is 12.1 Å². The number of benzene rings is 1. The number of hydrogen-bond acceptors (Lipinski definition) is 2. The molecule has 0 unspecified atom stereocenters. The maximum Gasteiger partial charge on any atom is 0.0457 e. The van der Waals surface area contributed by atoms with E-state index in [1.807, 2.05) is 18.2 Å². The van der Waals surface area contributed by atoms with Crippen LogP contribution < -0.4 is 5.11 Å². The Labute approximate surface area is 138 Å². The zero-order valence-electron chi connectivity index (χ0n) is 13.7. The fraction of sp³-hybridized carbons (Fsp3) is 0.571. The first-order chi connectivity index (χ1) is 11.3. The monoisotopic (exact) mass is 309 g/mol. The molecule has 23 heavy (non-hydrogen) atoms. The summed E-state index contributed by atoms with van der Waals surface area (Å²) < 4.78 is 0. The van der Waals surface area contributed by atoms with Crippen molar-refractivity contribution in [2.45, 2.75) is 57.3 Å². The minimum Gasteiger partial charge on any atom is -0.550 e. The largest absolute Gasteiger partial charge is 0.550 e. The number of carbonyl (C=O) groups excluding carboxylic acids is 1. The molecule has 1 aromatic rings. The molecule has 4 rings (SSSR count). The van der Waals surface area contributed by atoms with E-state index in [1.54, 1.807) is 5.57 Å². The standard InChI is InChI=1S/C21H26O2/c22-21(23)20-18-13-7-5-11-16(18)15-10-4-6-12-17(15)19(20)14-8-2-1-3-9-14/h1-3,8-9,17-20H,4-7,10-13H2,(H,22,23)/p-1/t17-,18+,19+,20+/m1/s1. The highest BCUT2D eigenvalue weighted by molar-refractivity contribution is 5.71. The van der Waals surface area contributed by atoms with Crippen molar-refractivity contribution in [2.75, 3.05) is 0 Å². The first kappa shape index (κ1) is 15.0. The molecule has 0 saturated heterocycles. The van der Waals surface area contributed by atoms with Gasteiger partial charge in [0.15, 0.2) is 0 Å². The van der Waals surface area contributed by atoms with Gasteiger partial charge in [0.05, 0.1) is 0 Å². The van der Waals surface area contributed by atoms with Crippen molar-refractivity contribution >= 4 is 5.97 Å². The van der Waals surface area contributed by atoms with Gasteiger partial charge in [-0.15, -0.1) is 0 Å². The average Bonchev–Trinajstić information content (AvgIpc) is 2.61. The molecule has 0 aliphatic heterocycles. The lowest BCUT2D eigenvalue weighted by Crippen LogP contribution is -2.47. The van der Waals surface area contributed by atoms with Gasteiger partial charge in [-0.05, 0) is 61.8 Å². The maximum absolute atomic E-state index is 12.1. The molecule has 0 N–H and O–H groups in total. The van der Waals surface area contributed by atoms with Crippen LogP contribution in [-0.4, -0.2) is 5.97 Å². The molecule has 3 aliphatic carbocycles. The third-order valence-corrected chi connectivity index (χ3v) is 6.44. The Morgan fingerprint density at radius 3 is 2.13 bits per heavy atom. The van der Waals surface area contributed by atoms with Gasteiger partial charge < -0.3 is 9.90 Å². The molecule has 3 aliphatic rings. The van der Waals surface area contributed by atoms with Gasteiger partial charge in [-0.25, -0.2) is 0 Å². The van der Waals surface area contributed by atoms with Crippen LogP contribution in [0.5, 0.6) is 0 Å². The van der Waals surface area contributed by atoms with Crippen LogP contribution >= 0.6 is 0 Å². The first-order valence-corrected chi connectivity index (χ1v) is 9.25. The number of allylic oxidation sites excluding steroid dienone is 2. The van der Waals surface area contributed by atoms with E-state index >= 15 is 0 Å². The topological polar surface area (TPSA) is 40.1 Å². The van der Waals surface area contributed by atoms with Crippen molar-refractivity contribution in [3.05, 3.63) is 47.0 Å². The summed E-state index contributed by atoms with van der Waals surface area (Å²) in [5, 5.41) is 12.1. The molecule has 0 radical (unpaired) electrons. The molecular formula is C21H25O2-. The zero-order chi connectivity index (χ0) is 15.8. The van der Waals surface area contributed by atoms with Crippen molar-refractivity contribution in [1.82, 2.24) is 0 Å². The van der Waals surface area contributed by atoms with Gasteiger partial charge in [0.1, 0.15) is 0 Å². The smallest absolute Gasteiger partial charge is 0.0457 e. The lowest BCUT2D eigenvalue weighted by Gasteiger charge is -2.50. The van der Waals surface area contributed by atoms with Crippen LogP contribution in [0.4, 0.5) is 0 Å². The quantitative estimate of drug-likeness (QED) is 0.779. The van der Waals surface area contributed by atoms with Crippen LogP contribution in [0, 0.1) is 17.8 Å². The third-order valence-electron chi connectivity index (χ3n) is 6.44. The molecule has 2 saturated carbocycles. The summed E-state index contributed by atoms with van der Waals surface area (Å²) in [7, 11) is 0. The Bertz CT molecular complexity index is 616. The lowest BCUT2D eigenvalue weighted by molar-refractivity contribution is -0.314. The Kier molecular flexibility index (Phi) is 4.00. The van der Waals surface area contributed by atoms with E-state index in [4.69, 9.17) is 0 Å². The summed E-state index contributed by atoms with van der Waals surface area (Å²) in [5.41, 5.74) is 4.35. The Morgan fingerprint density at radius 2 is 1.48 bits per heavy atom. The van der Waals surface area contributed by atoms with Crippen LogP contribution in [0.25, 0.3) is 0 Å². The fourth-order valence-corrected chi connectivity index (χ4v) is 5.59. The fourth-order valence-electron chi connectivity index (χ4n) is 5.59. The van der Waals surface area contributed by atoms with E-state index in [-0.39, 0.29) is 17.8 Å². The maximum atomic E-state index is 12.1. The van der Waals surface area contributed by atoms with Gasteiger partial charge >= 0.3 is 0 Å². The number of carbonyl (C=O) groups is 1. The van der Waals surface area contributed by atoms with Gasteiger partial charge in [-0.2, -0.15) is 0 Å². The van der Waals surface area contributed by atoms with Crippen LogP contribution in [0.15, 0.2) is 41.5 Å². The zero-order valence-corrected chi connectivity index (χ0v) is 13.7. The lowest BCUT2D eigenvalue weighted by atomic mass is 9.56. The second kappa shape index (κ2) is 6.14. The highest BCUT2D eigenvalue weighted by Crippen LogP contribution is 2.55. The van der Waals surface area contributed by atoms with Crippen LogP contribution in [0.3, 0.4) is 0 Å². The molecule has 2 fully saturated rings. The Balaban J connectivity index is 1.85. The molecule has 4 atom stereocenters. The van der Waals surface area contributed by atoms with Gasteiger partial charge in [0.2, 0.25) is 0 Å². The first-order valence-electron chi connectivity index (χ1n) is 9.25. The van der Waals surface area contributed by atoms with Crippen molar-refractivity contribution in [2.24, 2.45) is 17.8 Å². The van der Waals surface area contributed by atoms with E-state index in [0.29, 0.717) is 5.92 Å². The van der Waals surface area contributed by atoms with Crippen molar-refractivity contribution in [1.29, 1.82) is 0 Å². The van der Waals surface area contributed by atoms with Crippen molar-refractivity contribution in [3.8, 4) is 0 Å². The Hall–Kier alpha value is -1.57. The van der Waals surface area contributed by atoms with Gasteiger partial charge in [0, 0.05) is 11.9 Å². The molecule has 0 heterocycles. The van der Waals surface area contributed by atoms with E-state index in [0.717, 1.165) is 25.7 Å². The summed E-state index contributed by atoms with van der Waals surface area (Å²) in [6, 6.07) is 10.4. The van der Waals surface area contributed by atoms with Gasteiger partial charge in [-0.3, -0.25) is 0 Å². The van der Waals surface area contributed by atoms with E-state index < -0.39 is 5.97 Å². The molecule has 0 amide bonds. The minimum absolute atomic E-state index is 0.114. The predicted molar refractivity (Wildman–Crippen MR) is 88.6 cm³/mol. The molecule has 0 aromatic heterocycles. The second-order valence-corrected chi connectivity index (χ2v) is 7.54. The van der Waals surface area contributed by atoms with E-state index in [9.17, 15) is 9.90 Å². The van der Waals surface area contributed by atoms with Crippen LogP contribution in [0.1, 0.15) is 62.8 Å². The molecule has 0 spiro atoms. The Morgan fingerprint density at radius 1 is 0.870 bits per heavy atom. The van der Waals surface area contributed by atoms with E-state index in [1.165, 1.54) is 36.8 Å². The molecule has 0 bridgehead atoms. The molecule has 1 aromatic carbocycles. The van der Waals surface area contributed by atoms with Crippen molar-refractivity contribution < 1.29 is 9.90 Å². The second-order valence-electron chi connectivity index (χ2n) is 7.54. The summed E-state index contributed by atoms with van der Waals surface area (Å²) >= 11 is 0. The predicted octanol–water partition coefficient (Wildman–Crippen LogP) is 3.83. The number of carboxylic acids is 1. The number of fused-ring (bicyclic) bond motifs is 2. The normalized spacial score (nSPS) is 33.7. The number of hydrogen-bond donors (Lipinski definition) is 0. The highest BCUT2D eigenvalue weighted by Gasteiger charge is 2.45. The average molecular weight is 309 g/mol. The summed E-state index contributed by atoms with van der Waals surface area (Å²) in [6.45, 7) is 0. The van der Waals surface area contributed by atoms with Gasteiger partial charge in [-0.1, -0.05) is 54.3 Å². The number of rotatable bonds is 2. The molecule has 2 heteroatoms. The number of aliphatic carboxylic acids is 1. The summed E-state index contributed by atoms with van der Waals surface area (Å²) in [5.74, 6) is -0.391. The molecule has 122 valence electrons. The van der Waals surface area contributed by atoms with Crippen LogP contribution in [0.2, 0.25) is 0 Å².